The Kier molecular flexibility index (Phi) is 7.64. The van der Waals surface area contributed by atoms with Crippen molar-refractivity contribution >= 4 is 11.7 Å². The first-order chi connectivity index (χ1) is 14.0. The highest BCUT2D eigenvalue weighted by Gasteiger charge is 2.20. The van der Waals surface area contributed by atoms with Gasteiger partial charge in [0.1, 0.15) is 5.82 Å². The summed E-state index contributed by atoms with van der Waals surface area (Å²) in [5, 5.41) is 2.74. The molecule has 2 aromatic rings. The number of rotatable bonds is 7. The molecule has 2 aromatic carbocycles. The molecular formula is C24H32FN3O. The second-order valence-corrected chi connectivity index (χ2v) is 8.05. The summed E-state index contributed by atoms with van der Waals surface area (Å²) in [6.07, 6.45) is 4.72. The molecule has 1 unspecified atom stereocenters. The molecule has 0 radical (unpaired) electrons. The molecule has 0 aromatic heterocycles. The highest BCUT2D eigenvalue weighted by Crippen LogP contribution is 2.18. The maximum absolute atomic E-state index is 14.0. The third-order valence-electron chi connectivity index (χ3n) is 5.71. The van der Waals surface area contributed by atoms with Crippen molar-refractivity contribution in [1.82, 2.24) is 9.80 Å². The van der Waals surface area contributed by atoms with Gasteiger partial charge in [-0.2, -0.15) is 0 Å². The van der Waals surface area contributed by atoms with Crippen LogP contribution in [-0.2, 0) is 6.54 Å². The average molecular weight is 398 g/mol. The zero-order chi connectivity index (χ0) is 20.6. The van der Waals surface area contributed by atoms with Crippen LogP contribution >= 0.6 is 0 Å². The molecule has 1 aliphatic rings. The van der Waals surface area contributed by atoms with Crippen LogP contribution < -0.4 is 5.32 Å². The summed E-state index contributed by atoms with van der Waals surface area (Å²) in [6.45, 7) is 7.60. The maximum Gasteiger partial charge on any atom is 0.322 e. The Balaban J connectivity index is 1.64. The van der Waals surface area contributed by atoms with Gasteiger partial charge in [-0.05, 0) is 57.4 Å². The lowest BCUT2D eigenvalue weighted by atomic mass is 10.0. The molecule has 1 N–H and O–H groups in total. The van der Waals surface area contributed by atoms with Gasteiger partial charge in [-0.25, -0.2) is 9.18 Å². The third-order valence-corrected chi connectivity index (χ3v) is 5.71. The fourth-order valence-corrected chi connectivity index (χ4v) is 3.88. The van der Waals surface area contributed by atoms with Crippen LogP contribution in [0, 0.1) is 12.7 Å². The molecule has 4 nitrogen and oxygen atoms in total. The largest absolute Gasteiger partial charge is 0.322 e. The van der Waals surface area contributed by atoms with Crippen molar-refractivity contribution in [1.29, 1.82) is 0 Å². The Morgan fingerprint density at radius 1 is 1.17 bits per heavy atom. The second kappa shape index (κ2) is 10.4. The van der Waals surface area contributed by atoms with E-state index >= 15 is 0 Å². The smallest absolute Gasteiger partial charge is 0.320 e. The Morgan fingerprint density at radius 2 is 1.93 bits per heavy atom. The van der Waals surface area contributed by atoms with Gasteiger partial charge in [0.2, 0.25) is 0 Å². The molecule has 156 valence electrons. The van der Waals surface area contributed by atoms with Crippen LogP contribution in [0.25, 0.3) is 0 Å². The number of aryl methyl sites for hydroxylation is 1. The molecule has 29 heavy (non-hydrogen) atoms. The van der Waals surface area contributed by atoms with Crippen molar-refractivity contribution in [3.05, 3.63) is 65.5 Å². The number of carbonyl (C=O) groups is 1. The first-order valence-corrected chi connectivity index (χ1v) is 10.6. The number of carbonyl (C=O) groups excluding carboxylic acids is 1. The molecule has 0 saturated carbocycles. The van der Waals surface area contributed by atoms with E-state index in [1.807, 2.05) is 19.1 Å². The fraction of sp³-hybridized carbons (Fsp3) is 0.458. The summed E-state index contributed by atoms with van der Waals surface area (Å²) >= 11 is 0. The molecule has 1 aliphatic heterocycles. The monoisotopic (exact) mass is 397 g/mol. The zero-order valence-electron chi connectivity index (χ0n) is 17.5. The molecular weight excluding hydrogens is 365 g/mol. The molecule has 1 saturated heterocycles. The molecule has 5 heteroatoms. The number of nitrogens with zero attached hydrogens (tertiary/aromatic N) is 2. The Bertz CT molecular complexity index is 793. The number of halogens is 1. The molecule has 2 amide bonds. The number of anilines is 1. The number of nitrogens with one attached hydrogen (secondary N) is 1. The van der Waals surface area contributed by atoms with E-state index in [0.29, 0.717) is 19.1 Å². The van der Waals surface area contributed by atoms with Gasteiger partial charge in [-0.15, -0.1) is 0 Å². The van der Waals surface area contributed by atoms with Crippen molar-refractivity contribution in [2.45, 2.75) is 52.1 Å². The minimum Gasteiger partial charge on any atom is -0.320 e. The Labute approximate surface area is 173 Å². The normalized spacial score (nSPS) is 17.1. The summed E-state index contributed by atoms with van der Waals surface area (Å²) in [7, 11) is 0. The number of piperidine rings is 1. The number of urea groups is 1. The van der Waals surface area contributed by atoms with E-state index in [0.717, 1.165) is 25.1 Å². The number of hydrogen-bond acceptors (Lipinski definition) is 2. The van der Waals surface area contributed by atoms with Gasteiger partial charge in [0, 0.05) is 25.7 Å². The number of benzene rings is 2. The van der Waals surface area contributed by atoms with Crippen molar-refractivity contribution in [3.8, 4) is 0 Å². The second-order valence-electron chi connectivity index (χ2n) is 8.05. The number of para-hydroxylation sites is 1. The van der Waals surface area contributed by atoms with Gasteiger partial charge >= 0.3 is 6.03 Å². The van der Waals surface area contributed by atoms with E-state index in [-0.39, 0.29) is 11.7 Å². The maximum atomic E-state index is 14.0. The van der Waals surface area contributed by atoms with Crippen LogP contribution in [0.1, 0.15) is 43.7 Å². The number of hydrogen-bond donors (Lipinski definition) is 1. The topological polar surface area (TPSA) is 35.6 Å². The Hall–Kier alpha value is -2.40. The van der Waals surface area contributed by atoms with Crippen molar-refractivity contribution in [3.63, 3.8) is 0 Å². The third kappa shape index (κ3) is 6.29. The van der Waals surface area contributed by atoms with Crippen molar-refractivity contribution in [2.75, 3.05) is 25.0 Å². The average Bonchev–Trinajstić information content (AvgIpc) is 2.72. The van der Waals surface area contributed by atoms with E-state index in [1.54, 1.807) is 23.1 Å². The first kappa shape index (κ1) is 21.3. The summed E-state index contributed by atoms with van der Waals surface area (Å²) in [5.74, 6) is -0.418. The summed E-state index contributed by atoms with van der Waals surface area (Å²) in [6, 6.07) is 14.8. The van der Waals surface area contributed by atoms with Gasteiger partial charge in [-0.3, -0.25) is 0 Å². The van der Waals surface area contributed by atoms with Crippen molar-refractivity contribution in [2.24, 2.45) is 0 Å². The van der Waals surface area contributed by atoms with E-state index in [4.69, 9.17) is 0 Å². The molecule has 1 atom stereocenters. The predicted octanol–water partition coefficient (Wildman–Crippen LogP) is 5.43. The quantitative estimate of drug-likeness (QED) is 0.676. The first-order valence-electron chi connectivity index (χ1n) is 10.6. The van der Waals surface area contributed by atoms with Crippen LogP contribution in [0.2, 0.25) is 0 Å². The van der Waals surface area contributed by atoms with Crippen LogP contribution in [0.15, 0.2) is 48.5 Å². The van der Waals surface area contributed by atoms with Gasteiger partial charge in [0.25, 0.3) is 0 Å². The van der Waals surface area contributed by atoms with E-state index in [2.05, 4.69) is 29.3 Å². The van der Waals surface area contributed by atoms with Crippen molar-refractivity contribution < 1.29 is 9.18 Å². The molecule has 3 rings (SSSR count). The molecule has 1 fully saturated rings. The fourth-order valence-electron chi connectivity index (χ4n) is 3.88. The van der Waals surface area contributed by atoms with Gasteiger partial charge < -0.3 is 15.1 Å². The lowest BCUT2D eigenvalue weighted by molar-refractivity contribution is 0.150. The number of amides is 2. The van der Waals surface area contributed by atoms with Crippen LogP contribution in [-0.4, -0.2) is 41.5 Å². The molecule has 1 heterocycles. The lowest BCUT2D eigenvalue weighted by Crippen LogP contribution is -2.40. The molecule has 0 aliphatic carbocycles. The minimum atomic E-state index is -0.418. The van der Waals surface area contributed by atoms with Crippen LogP contribution in [0.3, 0.4) is 0 Å². The van der Waals surface area contributed by atoms with Gasteiger partial charge in [0.05, 0.1) is 5.69 Å². The minimum absolute atomic E-state index is 0.219. The van der Waals surface area contributed by atoms with E-state index in [9.17, 15) is 9.18 Å². The zero-order valence-corrected chi connectivity index (χ0v) is 17.5. The lowest BCUT2D eigenvalue weighted by Gasteiger charge is -2.34. The highest BCUT2D eigenvalue weighted by molar-refractivity contribution is 5.89. The SMILES string of the molecule is Cc1ccc(CN(CCCN2CCCCC2C)C(=O)Nc2ccccc2F)cc1. The molecule has 0 spiro atoms. The summed E-state index contributed by atoms with van der Waals surface area (Å²) in [5.41, 5.74) is 2.48. The Morgan fingerprint density at radius 3 is 2.66 bits per heavy atom. The number of likely N-dealkylation sites (tertiary alicyclic amines) is 1. The van der Waals surface area contributed by atoms with E-state index in [1.165, 1.54) is 30.9 Å². The molecule has 0 bridgehead atoms. The van der Waals surface area contributed by atoms with Crippen LogP contribution in [0.4, 0.5) is 14.9 Å². The van der Waals surface area contributed by atoms with Gasteiger partial charge in [0.15, 0.2) is 0 Å². The van der Waals surface area contributed by atoms with Crippen LogP contribution in [0.5, 0.6) is 0 Å². The summed E-state index contributed by atoms with van der Waals surface area (Å²) < 4.78 is 14.0. The summed E-state index contributed by atoms with van der Waals surface area (Å²) in [4.78, 5) is 17.2. The standard InChI is InChI=1S/C24H32FN3O/c1-19-11-13-21(14-12-19)18-28(17-7-16-27-15-6-5-8-20(27)2)24(29)26-23-10-4-3-9-22(23)25/h3-4,9-14,20H,5-8,15-18H2,1-2H3,(H,26,29). The predicted molar refractivity (Wildman–Crippen MR) is 117 cm³/mol. The highest BCUT2D eigenvalue weighted by atomic mass is 19.1. The van der Waals surface area contributed by atoms with E-state index < -0.39 is 5.82 Å². The van der Waals surface area contributed by atoms with Gasteiger partial charge in [-0.1, -0.05) is 48.4 Å².